The van der Waals surface area contributed by atoms with E-state index in [1.165, 1.54) is 0 Å². The smallest absolute Gasteiger partial charge is 0.242 e. The van der Waals surface area contributed by atoms with E-state index < -0.39 is 12.1 Å². The lowest BCUT2D eigenvalue weighted by Gasteiger charge is -2.18. The van der Waals surface area contributed by atoms with Crippen molar-refractivity contribution in [1.29, 1.82) is 0 Å². The Morgan fingerprint density at radius 2 is 1.75 bits per heavy atom. The Kier molecular flexibility index (Phi) is 6.72. The van der Waals surface area contributed by atoms with Crippen molar-refractivity contribution in [3.63, 3.8) is 0 Å². The van der Waals surface area contributed by atoms with Crippen LogP contribution in [0.3, 0.4) is 0 Å². The van der Waals surface area contributed by atoms with Crippen molar-refractivity contribution in [2.45, 2.75) is 46.2 Å². The fourth-order valence-electron chi connectivity index (χ4n) is 1.33. The van der Waals surface area contributed by atoms with Gasteiger partial charge in [-0.15, -0.1) is 0 Å². The van der Waals surface area contributed by atoms with Gasteiger partial charge in [-0.25, -0.2) is 0 Å². The van der Waals surface area contributed by atoms with Crippen molar-refractivity contribution >= 4 is 11.8 Å². The van der Waals surface area contributed by atoms with Gasteiger partial charge in [0.2, 0.25) is 11.8 Å². The lowest BCUT2D eigenvalue weighted by atomic mass is 10.0. The summed E-state index contributed by atoms with van der Waals surface area (Å²) in [6, 6.07) is -1.08. The Morgan fingerprint density at radius 1 is 1.19 bits per heavy atom. The molecular formula is C11H23N3O2. The second-order valence-corrected chi connectivity index (χ2v) is 4.36. The van der Waals surface area contributed by atoms with Crippen LogP contribution in [0.15, 0.2) is 0 Å². The first kappa shape index (κ1) is 14.9. The molecular weight excluding hydrogens is 206 g/mol. The normalized spacial score (nSPS) is 14.4. The zero-order chi connectivity index (χ0) is 12.7. The van der Waals surface area contributed by atoms with Gasteiger partial charge in [0.15, 0.2) is 0 Å². The molecule has 0 spiro atoms. The number of amides is 2. The molecule has 0 aromatic carbocycles. The summed E-state index contributed by atoms with van der Waals surface area (Å²) in [6.45, 7) is 8.03. The summed E-state index contributed by atoms with van der Waals surface area (Å²) in [5.41, 5.74) is 5.70. The van der Waals surface area contributed by atoms with Crippen LogP contribution in [-0.2, 0) is 9.59 Å². The second kappa shape index (κ2) is 7.22. The highest BCUT2D eigenvalue weighted by atomic mass is 16.2. The van der Waals surface area contributed by atoms with E-state index in [-0.39, 0.29) is 11.8 Å². The highest BCUT2D eigenvalue weighted by Gasteiger charge is 2.19. The molecule has 0 rings (SSSR count). The van der Waals surface area contributed by atoms with Gasteiger partial charge in [0.05, 0.1) is 6.04 Å². The molecule has 16 heavy (non-hydrogen) atoms. The number of likely N-dealkylation sites (N-methyl/N-ethyl adjacent to an activating group) is 1. The van der Waals surface area contributed by atoms with Gasteiger partial charge in [-0.2, -0.15) is 0 Å². The van der Waals surface area contributed by atoms with Gasteiger partial charge >= 0.3 is 0 Å². The molecule has 5 nitrogen and oxygen atoms in total. The van der Waals surface area contributed by atoms with Crippen LogP contribution < -0.4 is 16.4 Å². The number of nitrogens with one attached hydrogen (secondary N) is 2. The number of hydrogen-bond acceptors (Lipinski definition) is 3. The molecule has 0 saturated heterocycles. The SMILES string of the molecule is CCNC(=O)C(C)NC(=O)[C@@H](N)CC(C)C. The van der Waals surface area contributed by atoms with Crippen LogP contribution in [0.4, 0.5) is 0 Å². The van der Waals surface area contributed by atoms with Crippen molar-refractivity contribution in [2.24, 2.45) is 11.7 Å². The van der Waals surface area contributed by atoms with Crippen molar-refractivity contribution in [2.75, 3.05) is 6.54 Å². The molecule has 0 aromatic heterocycles. The molecule has 0 aliphatic heterocycles. The van der Waals surface area contributed by atoms with Gasteiger partial charge in [-0.3, -0.25) is 9.59 Å². The van der Waals surface area contributed by atoms with Gasteiger partial charge < -0.3 is 16.4 Å². The number of nitrogens with two attached hydrogens (primary N) is 1. The Morgan fingerprint density at radius 3 is 2.19 bits per heavy atom. The summed E-state index contributed by atoms with van der Waals surface area (Å²) in [7, 11) is 0. The zero-order valence-corrected chi connectivity index (χ0v) is 10.5. The minimum Gasteiger partial charge on any atom is -0.355 e. The molecule has 1 unspecified atom stereocenters. The van der Waals surface area contributed by atoms with E-state index in [1.807, 2.05) is 20.8 Å². The lowest BCUT2D eigenvalue weighted by Crippen LogP contribution is -2.50. The summed E-state index contributed by atoms with van der Waals surface area (Å²) in [4.78, 5) is 22.9. The van der Waals surface area contributed by atoms with Crippen LogP contribution in [0.2, 0.25) is 0 Å². The average Bonchev–Trinajstić information content (AvgIpc) is 2.16. The molecule has 0 radical (unpaired) electrons. The first-order chi connectivity index (χ1) is 7.38. The molecule has 5 heteroatoms. The molecule has 0 aliphatic rings. The van der Waals surface area contributed by atoms with Crippen molar-refractivity contribution < 1.29 is 9.59 Å². The predicted octanol–water partition coefficient (Wildman–Crippen LogP) is 0.000600. The van der Waals surface area contributed by atoms with Crippen molar-refractivity contribution in [3.8, 4) is 0 Å². The fraction of sp³-hybridized carbons (Fsp3) is 0.818. The van der Waals surface area contributed by atoms with Crippen LogP contribution in [0, 0.1) is 5.92 Å². The summed E-state index contributed by atoms with van der Waals surface area (Å²) in [5.74, 6) is -0.0967. The molecule has 0 aliphatic carbocycles. The largest absolute Gasteiger partial charge is 0.355 e. The number of carbonyl (C=O) groups is 2. The molecule has 4 N–H and O–H groups in total. The number of rotatable bonds is 6. The summed E-state index contributed by atoms with van der Waals surface area (Å²) < 4.78 is 0. The van der Waals surface area contributed by atoms with Crippen LogP contribution >= 0.6 is 0 Å². The second-order valence-electron chi connectivity index (χ2n) is 4.36. The first-order valence-corrected chi connectivity index (χ1v) is 5.72. The maximum Gasteiger partial charge on any atom is 0.242 e. The van der Waals surface area contributed by atoms with E-state index in [0.717, 1.165) is 0 Å². The Labute approximate surface area is 97.2 Å². The van der Waals surface area contributed by atoms with Gasteiger partial charge in [0.1, 0.15) is 6.04 Å². The number of hydrogen-bond donors (Lipinski definition) is 3. The molecule has 0 heterocycles. The molecule has 0 fully saturated rings. The standard InChI is InChI=1S/C11H23N3O2/c1-5-13-10(15)8(4)14-11(16)9(12)6-7(2)3/h7-9H,5-6,12H2,1-4H3,(H,13,15)(H,14,16)/t8?,9-/m0/s1. The molecule has 0 aromatic rings. The van der Waals surface area contributed by atoms with Crippen LogP contribution in [0.5, 0.6) is 0 Å². The molecule has 94 valence electrons. The van der Waals surface area contributed by atoms with Crippen LogP contribution in [0.1, 0.15) is 34.1 Å². The highest BCUT2D eigenvalue weighted by molar-refractivity contribution is 5.89. The summed E-state index contributed by atoms with van der Waals surface area (Å²) >= 11 is 0. The number of carbonyl (C=O) groups excluding carboxylic acids is 2. The van der Waals surface area contributed by atoms with E-state index >= 15 is 0 Å². The van der Waals surface area contributed by atoms with Crippen LogP contribution in [-0.4, -0.2) is 30.4 Å². The van der Waals surface area contributed by atoms with Crippen LogP contribution in [0.25, 0.3) is 0 Å². The van der Waals surface area contributed by atoms with E-state index in [9.17, 15) is 9.59 Å². The van der Waals surface area contributed by atoms with Crippen molar-refractivity contribution in [1.82, 2.24) is 10.6 Å². The lowest BCUT2D eigenvalue weighted by molar-refractivity contribution is -0.129. The minimum atomic E-state index is -0.545. The molecule has 0 saturated carbocycles. The maximum absolute atomic E-state index is 11.6. The van der Waals surface area contributed by atoms with Gasteiger partial charge in [0.25, 0.3) is 0 Å². The molecule has 2 atom stereocenters. The fourth-order valence-corrected chi connectivity index (χ4v) is 1.33. The molecule has 0 bridgehead atoms. The third-order valence-electron chi connectivity index (χ3n) is 2.17. The van der Waals surface area contributed by atoms with E-state index in [0.29, 0.717) is 18.9 Å². The molecule has 2 amide bonds. The summed E-state index contributed by atoms with van der Waals surface area (Å²) in [6.07, 6.45) is 0.619. The Bertz CT molecular complexity index is 241. The maximum atomic E-state index is 11.6. The van der Waals surface area contributed by atoms with E-state index in [2.05, 4.69) is 10.6 Å². The van der Waals surface area contributed by atoms with Gasteiger partial charge in [-0.1, -0.05) is 13.8 Å². The Hall–Kier alpha value is -1.10. The average molecular weight is 229 g/mol. The third kappa shape index (κ3) is 5.70. The van der Waals surface area contributed by atoms with E-state index in [4.69, 9.17) is 5.73 Å². The minimum absolute atomic E-state index is 0.187. The van der Waals surface area contributed by atoms with Crippen molar-refractivity contribution in [3.05, 3.63) is 0 Å². The topological polar surface area (TPSA) is 84.2 Å². The van der Waals surface area contributed by atoms with Gasteiger partial charge in [0, 0.05) is 6.54 Å². The zero-order valence-electron chi connectivity index (χ0n) is 10.5. The summed E-state index contributed by atoms with van der Waals surface area (Å²) in [5, 5.41) is 5.23. The van der Waals surface area contributed by atoms with E-state index in [1.54, 1.807) is 6.92 Å². The van der Waals surface area contributed by atoms with Gasteiger partial charge in [-0.05, 0) is 26.2 Å². The predicted molar refractivity (Wildman–Crippen MR) is 63.7 cm³/mol. The Balaban J connectivity index is 4.08. The highest BCUT2D eigenvalue weighted by Crippen LogP contribution is 2.02. The third-order valence-corrected chi connectivity index (χ3v) is 2.17. The quantitative estimate of drug-likeness (QED) is 0.599. The first-order valence-electron chi connectivity index (χ1n) is 5.72. The monoisotopic (exact) mass is 229 g/mol.